The average molecular weight is 355 g/mol. The monoisotopic (exact) mass is 355 g/mol. The second-order valence-corrected chi connectivity index (χ2v) is 8.04. The number of hydrogen-bond donors (Lipinski definition) is 1. The molecular formula is C22H29NO3. The van der Waals surface area contributed by atoms with Crippen molar-refractivity contribution in [2.24, 2.45) is 5.92 Å². The third kappa shape index (κ3) is 3.66. The summed E-state index contributed by atoms with van der Waals surface area (Å²) < 4.78 is 10.6. The minimum absolute atomic E-state index is 0.117. The number of amides is 1. The van der Waals surface area contributed by atoms with Crippen LogP contribution >= 0.6 is 0 Å². The SMILES string of the molecule is CCOC/C=C\[C@@H]1CCc2cc([C@H]3CC[C@]4(COC(=O)N4)C3)ccc2C1. The quantitative estimate of drug-likeness (QED) is 0.638. The topological polar surface area (TPSA) is 47.6 Å². The van der Waals surface area contributed by atoms with Crippen LogP contribution in [0.3, 0.4) is 0 Å². The fraction of sp³-hybridized carbons (Fsp3) is 0.591. The molecule has 2 aliphatic carbocycles. The Bertz CT molecular complexity index is 699. The largest absolute Gasteiger partial charge is 0.447 e. The molecule has 26 heavy (non-hydrogen) atoms. The molecule has 1 aromatic carbocycles. The van der Waals surface area contributed by atoms with Gasteiger partial charge in [-0.25, -0.2) is 4.79 Å². The maximum absolute atomic E-state index is 11.4. The molecule has 1 saturated carbocycles. The Morgan fingerprint density at radius 3 is 3.08 bits per heavy atom. The summed E-state index contributed by atoms with van der Waals surface area (Å²) in [5.74, 6) is 1.17. The van der Waals surface area contributed by atoms with Gasteiger partial charge in [-0.2, -0.15) is 0 Å². The summed E-state index contributed by atoms with van der Waals surface area (Å²) in [5.41, 5.74) is 4.33. The van der Waals surface area contributed by atoms with Gasteiger partial charge in [0, 0.05) is 6.61 Å². The third-order valence-corrected chi connectivity index (χ3v) is 6.25. The van der Waals surface area contributed by atoms with E-state index in [1.54, 1.807) is 0 Å². The zero-order valence-electron chi connectivity index (χ0n) is 15.6. The lowest BCUT2D eigenvalue weighted by Crippen LogP contribution is -2.40. The van der Waals surface area contributed by atoms with Crippen LogP contribution in [0.2, 0.25) is 0 Å². The molecule has 1 saturated heterocycles. The molecule has 1 heterocycles. The van der Waals surface area contributed by atoms with E-state index in [0.29, 0.717) is 18.4 Å². The summed E-state index contributed by atoms with van der Waals surface area (Å²) in [5, 5.41) is 3.05. The number of nitrogens with one attached hydrogen (secondary N) is 1. The van der Waals surface area contributed by atoms with E-state index in [1.165, 1.54) is 23.1 Å². The molecule has 0 unspecified atom stereocenters. The van der Waals surface area contributed by atoms with Gasteiger partial charge in [-0.05, 0) is 74.0 Å². The molecule has 2 fully saturated rings. The van der Waals surface area contributed by atoms with E-state index in [1.807, 2.05) is 6.92 Å². The Hall–Kier alpha value is -1.81. The number of fused-ring (bicyclic) bond motifs is 1. The molecule has 3 aliphatic rings. The van der Waals surface area contributed by atoms with Crippen molar-refractivity contribution in [3.8, 4) is 0 Å². The number of ether oxygens (including phenoxy) is 2. The summed E-state index contributed by atoms with van der Waals surface area (Å²) in [6.07, 6.45) is 10.9. The maximum Gasteiger partial charge on any atom is 0.407 e. The van der Waals surface area contributed by atoms with Crippen molar-refractivity contribution in [2.75, 3.05) is 19.8 Å². The summed E-state index contributed by atoms with van der Waals surface area (Å²) in [6, 6.07) is 7.07. The zero-order chi connectivity index (χ0) is 18.0. The summed E-state index contributed by atoms with van der Waals surface area (Å²) in [6.45, 7) is 4.06. The average Bonchev–Trinajstić information content (AvgIpc) is 3.24. The Morgan fingerprint density at radius 1 is 1.35 bits per heavy atom. The summed E-state index contributed by atoms with van der Waals surface area (Å²) in [4.78, 5) is 11.4. The van der Waals surface area contributed by atoms with E-state index in [-0.39, 0.29) is 11.6 Å². The first-order valence-electron chi connectivity index (χ1n) is 9.98. The van der Waals surface area contributed by atoms with Crippen molar-refractivity contribution in [2.45, 2.75) is 56.9 Å². The van der Waals surface area contributed by atoms with Crippen molar-refractivity contribution in [1.29, 1.82) is 0 Å². The predicted molar refractivity (Wildman–Crippen MR) is 101 cm³/mol. The van der Waals surface area contributed by atoms with Crippen LogP contribution < -0.4 is 5.32 Å². The van der Waals surface area contributed by atoms with Crippen LogP contribution in [0.4, 0.5) is 4.79 Å². The molecule has 3 atom stereocenters. The van der Waals surface area contributed by atoms with Gasteiger partial charge in [0.05, 0.1) is 12.1 Å². The Balaban J connectivity index is 1.40. The molecule has 1 aromatic rings. The zero-order valence-corrected chi connectivity index (χ0v) is 15.6. The van der Waals surface area contributed by atoms with Crippen molar-refractivity contribution in [3.05, 3.63) is 47.0 Å². The minimum atomic E-state index is -0.250. The second kappa shape index (κ2) is 7.43. The predicted octanol–water partition coefficient (Wildman–Crippen LogP) is 4.13. The molecule has 1 amide bonds. The molecule has 1 N–H and O–H groups in total. The molecule has 0 aromatic heterocycles. The first kappa shape index (κ1) is 17.6. The van der Waals surface area contributed by atoms with E-state index in [2.05, 4.69) is 35.7 Å². The Morgan fingerprint density at radius 2 is 2.27 bits per heavy atom. The van der Waals surface area contributed by atoms with E-state index >= 15 is 0 Å². The number of rotatable bonds is 5. The molecular weight excluding hydrogens is 326 g/mol. The highest BCUT2D eigenvalue weighted by Crippen LogP contribution is 2.43. The van der Waals surface area contributed by atoms with Crippen LogP contribution in [0.25, 0.3) is 0 Å². The van der Waals surface area contributed by atoms with Gasteiger partial charge >= 0.3 is 6.09 Å². The van der Waals surface area contributed by atoms with Crippen LogP contribution in [0, 0.1) is 5.92 Å². The highest BCUT2D eigenvalue weighted by molar-refractivity contribution is 5.70. The van der Waals surface area contributed by atoms with Crippen LogP contribution in [0.15, 0.2) is 30.4 Å². The van der Waals surface area contributed by atoms with Crippen LogP contribution in [-0.4, -0.2) is 31.5 Å². The lowest BCUT2D eigenvalue weighted by atomic mass is 9.81. The van der Waals surface area contributed by atoms with E-state index < -0.39 is 0 Å². The minimum Gasteiger partial charge on any atom is -0.447 e. The van der Waals surface area contributed by atoms with E-state index in [9.17, 15) is 4.79 Å². The smallest absolute Gasteiger partial charge is 0.407 e. The molecule has 140 valence electrons. The normalized spacial score (nSPS) is 30.6. The van der Waals surface area contributed by atoms with Gasteiger partial charge in [0.2, 0.25) is 0 Å². The number of benzene rings is 1. The van der Waals surface area contributed by atoms with Crippen LogP contribution in [0.5, 0.6) is 0 Å². The third-order valence-electron chi connectivity index (χ3n) is 6.25. The molecule has 1 spiro atoms. The summed E-state index contributed by atoms with van der Waals surface area (Å²) >= 11 is 0. The molecule has 4 rings (SSSR count). The van der Waals surface area contributed by atoms with Crippen molar-refractivity contribution >= 4 is 6.09 Å². The highest BCUT2D eigenvalue weighted by atomic mass is 16.6. The van der Waals surface area contributed by atoms with E-state index in [0.717, 1.165) is 45.3 Å². The molecule has 0 bridgehead atoms. The number of aryl methyl sites for hydroxylation is 1. The number of alkyl carbamates (subject to hydrolysis) is 1. The van der Waals surface area contributed by atoms with Crippen molar-refractivity contribution < 1.29 is 14.3 Å². The summed E-state index contributed by atoms with van der Waals surface area (Å²) in [7, 11) is 0. The van der Waals surface area contributed by atoms with Gasteiger partial charge in [-0.1, -0.05) is 30.4 Å². The van der Waals surface area contributed by atoms with E-state index in [4.69, 9.17) is 9.47 Å². The maximum atomic E-state index is 11.4. The lowest BCUT2D eigenvalue weighted by Gasteiger charge is -2.24. The number of allylic oxidation sites excluding steroid dienone is 1. The second-order valence-electron chi connectivity index (χ2n) is 8.04. The fourth-order valence-corrected chi connectivity index (χ4v) is 4.80. The number of carbonyl (C=O) groups is 1. The molecule has 0 radical (unpaired) electrons. The Labute approximate surface area is 156 Å². The molecule has 4 heteroatoms. The van der Waals surface area contributed by atoms with Crippen molar-refractivity contribution in [1.82, 2.24) is 5.32 Å². The molecule has 1 aliphatic heterocycles. The standard InChI is InChI=1S/C22H29NO3/c1-2-25-11-3-4-16-5-6-18-13-19(8-7-17(18)12-16)20-9-10-22(14-20)15-26-21(24)23-22/h3-4,7-8,13,16,20H,2,5-6,9-12,14-15H2,1H3,(H,23,24)/b4-3-/t16-,20+,22-/m1/s1. The van der Waals surface area contributed by atoms with Gasteiger partial charge in [0.25, 0.3) is 0 Å². The highest BCUT2D eigenvalue weighted by Gasteiger charge is 2.46. The van der Waals surface area contributed by atoms with Crippen LogP contribution in [-0.2, 0) is 22.3 Å². The number of carbonyl (C=O) groups excluding carboxylic acids is 1. The fourth-order valence-electron chi connectivity index (χ4n) is 4.80. The number of cyclic esters (lactones) is 1. The lowest BCUT2D eigenvalue weighted by molar-refractivity contribution is 0.172. The van der Waals surface area contributed by atoms with Gasteiger partial charge < -0.3 is 14.8 Å². The van der Waals surface area contributed by atoms with Crippen molar-refractivity contribution in [3.63, 3.8) is 0 Å². The number of hydrogen-bond acceptors (Lipinski definition) is 3. The first-order valence-corrected chi connectivity index (χ1v) is 9.98. The van der Waals surface area contributed by atoms with Gasteiger partial charge in [0.1, 0.15) is 6.61 Å². The van der Waals surface area contributed by atoms with Crippen LogP contribution in [0.1, 0.15) is 55.2 Å². The first-order chi connectivity index (χ1) is 12.7. The molecule has 4 nitrogen and oxygen atoms in total. The Kier molecular flexibility index (Phi) is 5.03. The van der Waals surface area contributed by atoms with Gasteiger partial charge in [-0.3, -0.25) is 0 Å². The van der Waals surface area contributed by atoms with Gasteiger partial charge in [0.15, 0.2) is 0 Å². The van der Waals surface area contributed by atoms with Gasteiger partial charge in [-0.15, -0.1) is 0 Å².